The van der Waals surface area contributed by atoms with Gasteiger partial charge in [0.15, 0.2) is 5.17 Å². The summed E-state index contributed by atoms with van der Waals surface area (Å²) in [6.07, 6.45) is 2.29. The minimum Gasteiger partial charge on any atom is -0.360 e. The van der Waals surface area contributed by atoms with Crippen LogP contribution in [0.5, 0.6) is 0 Å². The van der Waals surface area contributed by atoms with Crippen LogP contribution in [0.25, 0.3) is 0 Å². The van der Waals surface area contributed by atoms with E-state index in [1.54, 1.807) is 11.8 Å². The number of amidine groups is 1. The number of hydrogen-bond donors (Lipinski definition) is 2. The van der Waals surface area contributed by atoms with E-state index < -0.39 is 0 Å². The molecule has 1 saturated heterocycles. The Bertz CT molecular complexity index is 280. The molecule has 92 valence electrons. The maximum absolute atomic E-state index is 10.7. The van der Waals surface area contributed by atoms with Gasteiger partial charge in [0.2, 0.25) is 5.91 Å². The summed E-state index contributed by atoms with van der Waals surface area (Å²) in [6, 6.07) is 0. The highest BCUT2D eigenvalue weighted by molar-refractivity contribution is 8.13. The highest BCUT2D eigenvalue weighted by Gasteiger charge is 2.27. The van der Waals surface area contributed by atoms with Crippen LogP contribution in [0.1, 0.15) is 33.6 Å². The van der Waals surface area contributed by atoms with Crippen molar-refractivity contribution in [2.24, 2.45) is 4.99 Å². The third-order valence-corrected chi connectivity index (χ3v) is 3.74. The van der Waals surface area contributed by atoms with E-state index in [4.69, 9.17) is 0 Å². The second-order valence-corrected chi connectivity index (χ2v) is 5.39. The van der Waals surface area contributed by atoms with Gasteiger partial charge in [0.25, 0.3) is 0 Å². The van der Waals surface area contributed by atoms with Crippen molar-refractivity contribution in [1.29, 1.82) is 0 Å². The SMILES string of the molecule is CCC1(C)CCSC(=NCCNC(C)=O)N1. The molecule has 0 radical (unpaired) electrons. The zero-order chi connectivity index (χ0) is 12.0. The fraction of sp³-hybridized carbons (Fsp3) is 0.818. The molecular formula is C11H21N3OS. The topological polar surface area (TPSA) is 53.5 Å². The summed E-state index contributed by atoms with van der Waals surface area (Å²) in [4.78, 5) is 15.1. The largest absolute Gasteiger partial charge is 0.360 e. The molecule has 1 fully saturated rings. The zero-order valence-electron chi connectivity index (χ0n) is 10.3. The van der Waals surface area contributed by atoms with Gasteiger partial charge in [0, 0.05) is 24.8 Å². The molecule has 4 nitrogen and oxygen atoms in total. The first-order chi connectivity index (χ1) is 7.56. The standard InChI is InChI=1S/C11H21N3OS/c1-4-11(3)5-8-16-10(14-11)13-7-6-12-9(2)15/h4-8H2,1-3H3,(H,12,15)(H,13,14). The molecule has 0 aromatic heterocycles. The number of amides is 1. The van der Waals surface area contributed by atoms with Gasteiger partial charge in [-0.25, -0.2) is 0 Å². The van der Waals surface area contributed by atoms with Crippen molar-refractivity contribution < 1.29 is 4.79 Å². The lowest BCUT2D eigenvalue weighted by atomic mass is 9.96. The summed E-state index contributed by atoms with van der Waals surface area (Å²) in [5.41, 5.74) is 0.193. The molecule has 1 unspecified atom stereocenters. The first-order valence-corrected chi connectivity index (χ1v) is 6.74. The second kappa shape index (κ2) is 6.13. The minimum absolute atomic E-state index is 0.00264. The smallest absolute Gasteiger partial charge is 0.216 e. The normalized spacial score (nSPS) is 27.6. The van der Waals surface area contributed by atoms with E-state index in [-0.39, 0.29) is 11.4 Å². The van der Waals surface area contributed by atoms with Crippen molar-refractivity contribution >= 4 is 22.8 Å². The third-order valence-electron chi connectivity index (χ3n) is 2.82. The van der Waals surface area contributed by atoms with Gasteiger partial charge >= 0.3 is 0 Å². The number of nitrogens with one attached hydrogen (secondary N) is 2. The van der Waals surface area contributed by atoms with Crippen molar-refractivity contribution in [3.8, 4) is 0 Å². The van der Waals surface area contributed by atoms with Crippen molar-refractivity contribution in [3.05, 3.63) is 0 Å². The van der Waals surface area contributed by atoms with E-state index in [1.165, 1.54) is 13.3 Å². The molecule has 1 heterocycles. The molecule has 0 saturated carbocycles. The van der Waals surface area contributed by atoms with Crippen molar-refractivity contribution in [2.75, 3.05) is 18.8 Å². The zero-order valence-corrected chi connectivity index (χ0v) is 11.1. The van der Waals surface area contributed by atoms with Crippen LogP contribution < -0.4 is 10.6 Å². The number of carbonyl (C=O) groups is 1. The van der Waals surface area contributed by atoms with Crippen LogP contribution in [0.3, 0.4) is 0 Å². The van der Waals surface area contributed by atoms with E-state index in [0.29, 0.717) is 13.1 Å². The molecule has 2 N–H and O–H groups in total. The monoisotopic (exact) mass is 243 g/mol. The van der Waals surface area contributed by atoms with Crippen LogP contribution in [-0.4, -0.2) is 35.5 Å². The van der Waals surface area contributed by atoms with Crippen LogP contribution >= 0.6 is 11.8 Å². The van der Waals surface area contributed by atoms with Gasteiger partial charge in [0.05, 0.1) is 6.54 Å². The van der Waals surface area contributed by atoms with Gasteiger partial charge in [-0.2, -0.15) is 0 Å². The van der Waals surface area contributed by atoms with E-state index in [0.717, 1.165) is 17.3 Å². The molecule has 16 heavy (non-hydrogen) atoms. The summed E-state index contributed by atoms with van der Waals surface area (Å²) in [7, 11) is 0. The lowest BCUT2D eigenvalue weighted by Crippen LogP contribution is -2.48. The number of rotatable bonds is 4. The van der Waals surface area contributed by atoms with Gasteiger partial charge in [-0.1, -0.05) is 18.7 Å². The maximum atomic E-state index is 10.7. The lowest BCUT2D eigenvalue weighted by molar-refractivity contribution is -0.118. The molecule has 0 aliphatic carbocycles. The van der Waals surface area contributed by atoms with Crippen LogP contribution in [0.15, 0.2) is 4.99 Å². The second-order valence-electron chi connectivity index (χ2n) is 4.31. The van der Waals surface area contributed by atoms with E-state index >= 15 is 0 Å². The molecule has 0 bridgehead atoms. The average molecular weight is 243 g/mol. The maximum Gasteiger partial charge on any atom is 0.216 e. The number of aliphatic imine (C=N–C) groups is 1. The number of thioether (sulfide) groups is 1. The predicted molar refractivity (Wildman–Crippen MR) is 69.9 cm³/mol. The molecule has 0 spiro atoms. The minimum atomic E-state index is 0.00264. The van der Waals surface area contributed by atoms with Crippen LogP contribution in [0, 0.1) is 0 Å². The van der Waals surface area contributed by atoms with E-state index in [2.05, 4.69) is 29.5 Å². The first-order valence-electron chi connectivity index (χ1n) is 5.75. The Morgan fingerprint density at radius 2 is 2.44 bits per heavy atom. The number of carbonyl (C=O) groups excluding carboxylic acids is 1. The lowest BCUT2D eigenvalue weighted by Gasteiger charge is -2.35. The first kappa shape index (κ1) is 13.4. The molecule has 1 rings (SSSR count). The average Bonchev–Trinajstić information content (AvgIpc) is 2.24. The summed E-state index contributed by atoms with van der Waals surface area (Å²) in [5, 5.41) is 7.22. The van der Waals surface area contributed by atoms with Crippen LogP contribution in [0.2, 0.25) is 0 Å². The molecule has 1 atom stereocenters. The number of hydrogen-bond acceptors (Lipinski definition) is 3. The summed E-state index contributed by atoms with van der Waals surface area (Å²) in [6.45, 7) is 7.21. The molecule has 1 amide bonds. The summed E-state index contributed by atoms with van der Waals surface area (Å²) < 4.78 is 0. The van der Waals surface area contributed by atoms with Gasteiger partial charge in [0.1, 0.15) is 0 Å². The third kappa shape index (κ3) is 4.43. The van der Waals surface area contributed by atoms with Gasteiger partial charge in [-0.15, -0.1) is 0 Å². The van der Waals surface area contributed by atoms with E-state index in [1.807, 2.05) is 0 Å². The fourth-order valence-electron chi connectivity index (χ4n) is 1.47. The molecular weight excluding hydrogens is 222 g/mol. The van der Waals surface area contributed by atoms with Crippen LogP contribution in [0.4, 0.5) is 0 Å². The number of nitrogens with zero attached hydrogens (tertiary/aromatic N) is 1. The van der Waals surface area contributed by atoms with Crippen molar-refractivity contribution in [3.63, 3.8) is 0 Å². The summed E-state index contributed by atoms with van der Waals surface area (Å²) in [5.74, 6) is 1.12. The van der Waals surface area contributed by atoms with Gasteiger partial charge in [-0.05, 0) is 19.8 Å². The quantitative estimate of drug-likeness (QED) is 0.733. The Hall–Kier alpha value is -0.710. The molecule has 1 aliphatic heterocycles. The Kier molecular flexibility index (Phi) is 5.12. The molecule has 5 heteroatoms. The fourth-order valence-corrected chi connectivity index (χ4v) is 2.72. The molecule has 0 aromatic rings. The van der Waals surface area contributed by atoms with Gasteiger partial charge < -0.3 is 10.6 Å². The Morgan fingerprint density at radius 3 is 3.06 bits per heavy atom. The molecule has 1 aliphatic rings. The van der Waals surface area contributed by atoms with Gasteiger partial charge in [-0.3, -0.25) is 9.79 Å². The van der Waals surface area contributed by atoms with Crippen LogP contribution in [-0.2, 0) is 4.79 Å². The Balaban J connectivity index is 2.35. The highest BCUT2D eigenvalue weighted by atomic mass is 32.2. The van der Waals surface area contributed by atoms with E-state index in [9.17, 15) is 4.79 Å². The Labute approximate surface area is 102 Å². The molecule has 0 aromatic carbocycles. The van der Waals surface area contributed by atoms with Crippen molar-refractivity contribution in [2.45, 2.75) is 39.2 Å². The highest BCUT2D eigenvalue weighted by Crippen LogP contribution is 2.24. The summed E-state index contributed by atoms with van der Waals surface area (Å²) >= 11 is 1.77. The van der Waals surface area contributed by atoms with Crippen molar-refractivity contribution in [1.82, 2.24) is 10.6 Å². The predicted octanol–water partition coefficient (Wildman–Crippen LogP) is 1.37. The Morgan fingerprint density at radius 1 is 1.69 bits per heavy atom.